The van der Waals surface area contributed by atoms with E-state index in [4.69, 9.17) is 9.15 Å². The van der Waals surface area contributed by atoms with Gasteiger partial charge in [0.1, 0.15) is 23.9 Å². The molecule has 0 aliphatic carbocycles. The number of hydrogen-bond donors (Lipinski definition) is 1. The Hall–Kier alpha value is -3.16. The van der Waals surface area contributed by atoms with Crippen LogP contribution in [0.1, 0.15) is 27.4 Å². The minimum Gasteiger partial charge on any atom is -0.486 e. The Labute approximate surface area is 187 Å². The van der Waals surface area contributed by atoms with Gasteiger partial charge in [-0.15, -0.1) is 0 Å². The van der Waals surface area contributed by atoms with Crippen LogP contribution < -0.4 is 10.1 Å². The zero-order valence-corrected chi connectivity index (χ0v) is 18.2. The highest BCUT2D eigenvalue weighted by Gasteiger charge is 2.15. The van der Waals surface area contributed by atoms with E-state index in [0.29, 0.717) is 18.1 Å². The number of carbonyl (C=O) groups excluding carboxylic acids is 1. The van der Waals surface area contributed by atoms with Crippen molar-refractivity contribution in [1.29, 1.82) is 0 Å². The number of ether oxygens (including phenoxy) is 1. The van der Waals surface area contributed by atoms with Gasteiger partial charge in [0.2, 0.25) is 0 Å². The molecule has 0 radical (unpaired) electrons. The van der Waals surface area contributed by atoms with Gasteiger partial charge in [0.05, 0.1) is 0 Å². The zero-order valence-electron chi connectivity index (χ0n) is 18.2. The molecule has 1 amide bonds. The lowest BCUT2D eigenvalue weighted by Gasteiger charge is -2.32. The number of rotatable bonds is 8. The average molecular weight is 438 g/mol. The second kappa shape index (κ2) is 10.4. The van der Waals surface area contributed by atoms with Gasteiger partial charge in [0.15, 0.2) is 5.76 Å². The first kappa shape index (κ1) is 22.0. The lowest BCUT2D eigenvalue weighted by Crippen LogP contribution is -2.43. The Bertz CT molecular complexity index is 1030. The van der Waals surface area contributed by atoms with Crippen LogP contribution in [0.2, 0.25) is 0 Å². The quantitative estimate of drug-likeness (QED) is 0.583. The van der Waals surface area contributed by atoms with Gasteiger partial charge in [0.25, 0.3) is 5.91 Å². The summed E-state index contributed by atoms with van der Waals surface area (Å²) in [5.41, 5.74) is 2.30. The predicted molar refractivity (Wildman–Crippen MR) is 120 cm³/mol. The van der Waals surface area contributed by atoms with Crippen molar-refractivity contribution in [3.8, 4) is 5.75 Å². The number of furan rings is 1. The van der Waals surface area contributed by atoms with Gasteiger partial charge in [-0.2, -0.15) is 0 Å². The molecular formula is C25H28FN3O3. The van der Waals surface area contributed by atoms with E-state index in [0.717, 1.165) is 38.3 Å². The van der Waals surface area contributed by atoms with Crippen LogP contribution in [-0.2, 0) is 19.7 Å². The van der Waals surface area contributed by atoms with E-state index in [1.807, 2.05) is 12.1 Å². The van der Waals surface area contributed by atoms with E-state index < -0.39 is 0 Å². The molecule has 1 saturated heterocycles. The second-order valence-electron chi connectivity index (χ2n) is 8.09. The summed E-state index contributed by atoms with van der Waals surface area (Å²) in [6.45, 7) is 5.84. The summed E-state index contributed by atoms with van der Waals surface area (Å²) in [6.07, 6.45) is 0. The van der Waals surface area contributed by atoms with Gasteiger partial charge in [0, 0.05) is 39.3 Å². The van der Waals surface area contributed by atoms with Crippen LogP contribution in [0.15, 0.2) is 65.1 Å². The maximum absolute atomic E-state index is 13.0. The summed E-state index contributed by atoms with van der Waals surface area (Å²) in [6, 6.07) is 17.4. The van der Waals surface area contributed by atoms with E-state index in [1.54, 1.807) is 24.3 Å². The number of nitrogens with one attached hydrogen (secondary N) is 1. The lowest BCUT2D eigenvalue weighted by molar-refractivity contribution is 0.0919. The van der Waals surface area contributed by atoms with Crippen molar-refractivity contribution >= 4 is 5.91 Å². The van der Waals surface area contributed by atoms with Crippen LogP contribution in [0.25, 0.3) is 0 Å². The third-order valence-corrected chi connectivity index (χ3v) is 5.53. The van der Waals surface area contributed by atoms with E-state index in [9.17, 15) is 9.18 Å². The summed E-state index contributed by atoms with van der Waals surface area (Å²) < 4.78 is 24.1. The first-order valence-electron chi connectivity index (χ1n) is 10.8. The molecule has 7 heteroatoms. The molecule has 0 spiro atoms. The molecule has 2 heterocycles. The minimum absolute atomic E-state index is 0.160. The molecule has 0 bridgehead atoms. The fourth-order valence-electron chi connectivity index (χ4n) is 3.63. The fraction of sp³-hybridized carbons (Fsp3) is 0.320. The molecule has 32 heavy (non-hydrogen) atoms. The summed E-state index contributed by atoms with van der Waals surface area (Å²) in [4.78, 5) is 17.3. The molecule has 0 unspecified atom stereocenters. The molecule has 0 saturated carbocycles. The van der Waals surface area contributed by atoms with Crippen LogP contribution >= 0.6 is 0 Å². The Balaban J connectivity index is 1.26. The first-order valence-corrected chi connectivity index (χ1v) is 10.8. The van der Waals surface area contributed by atoms with Gasteiger partial charge in [-0.25, -0.2) is 4.39 Å². The largest absolute Gasteiger partial charge is 0.486 e. The van der Waals surface area contributed by atoms with Gasteiger partial charge in [-0.1, -0.05) is 24.3 Å². The van der Waals surface area contributed by atoms with E-state index in [1.165, 1.54) is 17.7 Å². The number of nitrogens with zero attached hydrogens (tertiary/aromatic N) is 2. The third-order valence-electron chi connectivity index (χ3n) is 5.53. The summed E-state index contributed by atoms with van der Waals surface area (Å²) >= 11 is 0. The van der Waals surface area contributed by atoms with Gasteiger partial charge >= 0.3 is 0 Å². The average Bonchev–Trinajstić information content (AvgIpc) is 3.28. The van der Waals surface area contributed by atoms with Gasteiger partial charge in [-0.05, 0) is 54.6 Å². The maximum Gasteiger partial charge on any atom is 0.287 e. The number of piperazine rings is 1. The molecule has 0 atom stereocenters. The number of carbonyl (C=O) groups is 1. The highest BCUT2D eigenvalue weighted by molar-refractivity contribution is 5.91. The lowest BCUT2D eigenvalue weighted by atomic mass is 10.1. The molecule has 3 aromatic rings. The normalized spacial score (nSPS) is 14.9. The molecule has 168 valence electrons. The van der Waals surface area contributed by atoms with Crippen molar-refractivity contribution in [3.63, 3.8) is 0 Å². The smallest absolute Gasteiger partial charge is 0.287 e. The van der Waals surface area contributed by atoms with Gasteiger partial charge in [-0.3, -0.25) is 9.69 Å². The Kier molecular flexibility index (Phi) is 7.19. The van der Waals surface area contributed by atoms with Crippen molar-refractivity contribution in [1.82, 2.24) is 15.1 Å². The van der Waals surface area contributed by atoms with E-state index in [-0.39, 0.29) is 24.1 Å². The van der Waals surface area contributed by atoms with Crippen LogP contribution in [0, 0.1) is 5.82 Å². The van der Waals surface area contributed by atoms with Crippen molar-refractivity contribution in [3.05, 3.63) is 89.1 Å². The number of benzene rings is 2. The highest BCUT2D eigenvalue weighted by Crippen LogP contribution is 2.16. The Morgan fingerprint density at radius 2 is 1.78 bits per heavy atom. The van der Waals surface area contributed by atoms with Crippen molar-refractivity contribution in [2.24, 2.45) is 0 Å². The number of amides is 1. The molecule has 1 aliphatic heterocycles. The molecular weight excluding hydrogens is 409 g/mol. The molecule has 1 N–H and O–H groups in total. The standard InChI is InChI=1S/C25H28FN3O3/c1-28-11-13-29(14-12-28)17-20-4-2-3-19(15-20)16-27-25(30)24-10-9-23(32-24)18-31-22-7-5-21(26)6-8-22/h2-10,15H,11-14,16-18H2,1H3,(H,27,30). The van der Waals surface area contributed by atoms with E-state index in [2.05, 4.69) is 34.3 Å². The number of halogens is 1. The van der Waals surface area contributed by atoms with Crippen LogP contribution in [-0.4, -0.2) is 48.9 Å². The first-order chi connectivity index (χ1) is 15.5. The van der Waals surface area contributed by atoms with E-state index >= 15 is 0 Å². The van der Waals surface area contributed by atoms with Crippen LogP contribution in [0.5, 0.6) is 5.75 Å². The van der Waals surface area contributed by atoms with Crippen molar-refractivity contribution in [2.45, 2.75) is 19.7 Å². The van der Waals surface area contributed by atoms with Crippen LogP contribution in [0.4, 0.5) is 4.39 Å². The minimum atomic E-state index is -0.320. The Morgan fingerprint density at radius 3 is 2.56 bits per heavy atom. The summed E-state index contributed by atoms with van der Waals surface area (Å²) in [7, 11) is 2.15. The monoisotopic (exact) mass is 437 g/mol. The third kappa shape index (κ3) is 6.18. The number of hydrogen-bond acceptors (Lipinski definition) is 5. The molecule has 1 fully saturated rings. The summed E-state index contributed by atoms with van der Waals surface area (Å²) in [5.74, 6) is 0.692. The summed E-state index contributed by atoms with van der Waals surface area (Å²) in [5, 5.41) is 2.91. The SMILES string of the molecule is CN1CCN(Cc2cccc(CNC(=O)c3ccc(COc4ccc(F)cc4)o3)c2)CC1. The molecule has 1 aromatic heterocycles. The molecule has 6 nitrogen and oxygen atoms in total. The second-order valence-corrected chi connectivity index (χ2v) is 8.09. The van der Waals surface area contributed by atoms with Crippen molar-refractivity contribution in [2.75, 3.05) is 33.2 Å². The molecule has 4 rings (SSSR count). The van der Waals surface area contributed by atoms with Crippen LogP contribution in [0.3, 0.4) is 0 Å². The maximum atomic E-state index is 13.0. The highest BCUT2D eigenvalue weighted by atomic mass is 19.1. The van der Waals surface area contributed by atoms with Gasteiger partial charge < -0.3 is 19.4 Å². The fourth-order valence-corrected chi connectivity index (χ4v) is 3.63. The molecule has 2 aromatic carbocycles. The molecule has 1 aliphatic rings. The number of likely N-dealkylation sites (N-methyl/N-ethyl adjacent to an activating group) is 1. The Morgan fingerprint density at radius 1 is 1.03 bits per heavy atom. The predicted octanol–water partition coefficient (Wildman–Crippen LogP) is 3.68. The zero-order chi connectivity index (χ0) is 22.3. The topological polar surface area (TPSA) is 58.0 Å². The van der Waals surface area contributed by atoms with Crippen molar-refractivity contribution < 1.29 is 18.3 Å².